The summed E-state index contributed by atoms with van der Waals surface area (Å²) < 4.78 is 24.7. The van der Waals surface area contributed by atoms with Crippen LogP contribution in [0.4, 0.5) is 10.1 Å². The van der Waals surface area contributed by atoms with Gasteiger partial charge in [-0.05, 0) is 36.9 Å². The van der Waals surface area contributed by atoms with E-state index in [-0.39, 0.29) is 18.3 Å². The summed E-state index contributed by atoms with van der Waals surface area (Å²) in [6, 6.07) is 17.8. The number of hydrogen-bond donors (Lipinski definition) is 1. The lowest BCUT2D eigenvalue weighted by Gasteiger charge is -2.17. The highest BCUT2D eigenvalue weighted by molar-refractivity contribution is 6.07. The van der Waals surface area contributed by atoms with E-state index < -0.39 is 0 Å². The Kier molecular flexibility index (Phi) is 5.18. The number of nitrogens with zero attached hydrogens (tertiary/aromatic N) is 1. The maximum absolute atomic E-state index is 13.3. The zero-order valence-corrected chi connectivity index (χ0v) is 16.2. The zero-order valence-electron chi connectivity index (χ0n) is 16.2. The number of carbonyl (C=O) groups excluding carboxylic acids is 1. The first-order valence-corrected chi connectivity index (χ1v) is 9.25. The summed E-state index contributed by atoms with van der Waals surface area (Å²) >= 11 is 0. The van der Waals surface area contributed by atoms with Crippen LogP contribution in [0.15, 0.2) is 65.1 Å². The third-order valence-electron chi connectivity index (χ3n) is 4.73. The molecule has 0 aliphatic carbocycles. The van der Waals surface area contributed by atoms with E-state index >= 15 is 0 Å². The molecule has 0 aliphatic heterocycles. The van der Waals surface area contributed by atoms with Crippen molar-refractivity contribution in [1.29, 1.82) is 0 Å². The molecule has 0 saturated carbocycles. The average molecular weight is 392 g/mol. The van der Waals surface area contributed by atoms with Crippen molar-refractivity contribution in [3.63, 3.8) is 0 Å². The molecule has 0 bridgehead atoms. The minimum atomic E-state index is -0.288. The van der Waals surface area contributed by atoms with Gasteiger partial charge in [0.2, 0.25) is 5.91 Å². The number of hydrogen-bond acceptors (Lipinski definition) is 4. The van der Waals surface area contributed by atoms with Crippen molar-refractivity contribution in [2.75, 3.05) is 26.0 Å². The Bertz CT molecular complexity index is 1190. The normalized spacial score (nSPS) is 11.3. The number of amides is 1. The van der Waals surface area contributed by atoms with E-state index in [0.717, 1.165) is 21.9 Å². The van der Waals surface area contributed by atoms with Crippen LogP contribution in [-0.2, 0) is 11.3 Å². The SMILES string of the molecule is COc1cc2c(cc1NC(=O)CN(C)Cc1cccc(F)c1)oc1ccccc12. The van der Waals surface area contributed by atoms with Gasteiger partial charge in [-0.15, -0.1) is 0 Å². The van der Waals surface area contributed by atoms with Crippen molar-refractivity contribution < 1.29 is 18.3 Å². The lowest BCUT2D eigenvalue weighted by Crippen LogP contribution is -2.30. The van der Waals surface area contributed by atoms with Gasteiger partial charge in [0.25, 0.3) is 0 Å². The summed E-state index contributed by atoms with van der Waals surface area (Å²) in [5, 5.41) is 4.81. The Morgan fingerprint density at radius 3 is 2.69 bits per heavy atom. The standard InChI is InChI=1S/C23H21FN2O3/c1-26(13-15-6-5-7-16(24)10-15)14-23(27)25-19-12-21-18(11-22(19)28-2)17-8-3-4-9-20(17)29-21/h3-12H,13-14H2,1-2H3,(H,25,27). The van der Waals surface area contributed by atoms with Crippen LogP contribution in [0.3, 0.4) is 0 Å². The zero-order chi connectivity index (χ0) is 20.4. The molecule has 148 valence electrons. The Labute approximate surface area is 167 Å². The molecule has 0 radical (unpaired) electrons. The predicted octanol–water partition coefficient (Wildman–Crippen LogP) is 4.80. The van der Waals surface area contributed by atoms with Gasteiger partial charge in [0.1, 0.15) is 22.7 Å². The summed E-state index contributed by atoms with van der Waals surface area (Å²) in [4.78, 5) is 14.4. The van der Waals surface area contributed by atoms with Crippen molar-refractivity contribution in [2.45, 2.75) is 6.54 Å². The summed E-state index contributed by atoms with van der Waals surface area (Å²) in [7, 11) is 3.37. The molecular weight excluding hydrogens is 371 g/mol. The number of anilines is 1. The van der Waals surface area contributed by atoms with E-state index in [4.69, 9.17) is 9.15 Å². The van der Waals surface area contributed by atoms with Crippen molar-refractivity contribution in [3.8, 4) is 5.75 Å². The minimum Gasteiger partial charge on any atom is -0.495 e. The van der Waals surface area contributed by atoms with Crippen molar-refractivity contribution in [3.05, 3.63) is 72.0 Å². The third kappa shape index (κ3) is 4.07. The molecule has 0 atom stereocenters. The molecule has 0 spiro atoms. The molecule has 0 saturated heterocycles. The van der Waals surface area contributed by atoms with Crippen molar-refractivity contribution in [2.24, 2.45) is 0 Å². The first-order valence-electron chi connectivity index (χ1n) is 9.25. The number of ether oxygens (including phenoxy) is 1. The van der Waals surface area contributed by atoms with Gasteiger partial charge in [-0.1, -0.05) is 30.3 Å². The molecule has 1 amide bonds. The average Bonchev–Trinajstić information content (AvgIpc) is 3.04. The van der Waals surface area contributed by atoms with E-state index in [0.29, 0.717) is 23.6 Å². The quantitative estimate of drug-likeness (QED) is 0.512. The molecule has 6 heteroatoms. The van der Waals surface area contributed by atoms with E-state index in [1.165, 1.54) is 12.1 Å². The smallest absolute Gasteiger partial charge is 0.238 e. The maximum atomic E-state index is 13.3. The fourth-order valence-electron chi connectivity index (χ4n) is 3.46. The van der Waals surface area contributed by atoms with Gasteiger partial charge >= 0.3 is 0 Å². The van der Waals surface area contributed by atoms with Gasteiger partial charge in [0, 0.05) is 23.4 Å². The number of halogens is 1. The van der Waals surface area contributed by atoms with Gasteiger partial charge in [-0.3, -0.25) is 9.69 Å². The molecule has 4 aromatic rings. The van der Waals surface area contributed by atoms with Crippen LogP contribution in [-0.4, -0.2) is 31.5 Å². The van der Waals surface area contributed by atoms with Crippen LogP contribution in [0.25, 0.3) is 21.9 Å². The topological polar surface area (TPSA) is 54.7 Å². The molecular formula is C23H21FN2O3. The molecule has 0 unspecified atom stereocenters. The van der Waals surface area contributed by atoms with Crippen molar-refractivity contribution in [1.82, 2.24) is 4.90 Å². The van der Waals surface area contributed by atoms with Crippen LogP contribution in [0.5, 0.6) is 5.75 Å². The number of para-hydroxylation sites is 1. The van der Waals surface area contributed by atoms with E-state index in [1.54, 1.807) is 19.2 Å². The summed E-state index contributed by atoms with van der Waals surface area (Å²) in [5.41, 5.74) is 2.81. The van der Waals surface area contributed by atoms with Gasteiger partial charge in [0.15, 0.2) is 0 Å². The molecule has 0 aliphatic rings. The third-order valence-corrected chi connectivity index (χ3v) is 4.73. The highest BCUT2D eigenvalue weighted by Gasteiger charge is 2.15. The summed E-state index contributed by atoms with van der Waals surface area (Å²) in [5.74, 6) is 0.0760. The number of benzene rings is 3. The molecule has 1 N–H and O–H groups in total. The first kappa shape index (κ1) is 19.0. The summed E-state index contributed by atoms with van der Waals surface area (Å²) in [6.07, 6.45) is 0. The van der Waals surface area contributed by atoms with Crippen LogP contribution in [0.1, 0.15) is 5.56 Å². The Morgan fingerprint density at radius 1 is 1.07 bits per heavy atom. The fourth-order valence-corrected chi connectivity index (χ4v) is 3.46. The molecule has 1 heterocycles. The van der Waals surface area contributed by atoms with Crippen LogP contribution in [0.2, 0.25) is 0 Å². The second kappa shape index (κ2) is 7.93. The summed E-state index contributed by atoms with van der Waals surface area (Å²) in [6.45, 7) is 0.614. The highest BCUT2D eigenvalue weighted by Crippen LogP contribution is 2.36. The van der Waals surface area contributed by atoms with E-state index in [2.05, 4.69) is 5.32 Å². The van der Waals surface area contributed by atoms with Crippen molar-refractivity contribution >= 4 is 33.5 Å². The molecule has 5 nitrogen and oxygen atoms in total. The Hall–Kier alpha value is -3.38. The monoisotopic (exact) mass is 392 g/mol. The van der Waals surface area contributed by atoms with Crippen LogP contribution >= 0.6 is 0 Å². The molecule has 0 fully saturated rings. The number of likely N-dealkylation sites (N-methyl/N-ethyl adjacent to an activating group) is 1. The number of carbonyl (C=O) groups is 1. The fraction of sp³-hybridized carbons (Fsp3) is 0.174. The highest BCUT2D eigenvalue weighted by atomic mass is 19.1. The first-order chi connectivity index (χ1) is 14.0. The van der Waals surface area contributed by atoms with E-state index in [9.17, 15) is 9.18 Å². The Morgan fingerprint density at radius 2 is 1.90 bits per heavy atom. The van der Waals surface area contributed by atoms with Gasteiger partial charge in [-0.2, -0.15) is 0 Å². The largest absolute Gasteiger partial charge is 0.495 e. The lowest BCUT2D eigenvalue weighted by atomic mass is 10.1. The Balaban J connectivity index is 1.51. The molecule has 4 rings (SSSR count). The lowest BCUT2D eigenvalue weighted by molar-refractivity contribution is -0.117. The van der Waals surface area contributed by atoms with Crippen LogP contribution in [0, 0.1) is 5.82 Å². The maximum Gasteiger partial charge on any atom is 0.238 e. The van der Waals surface area contributed by atoms with Gasteiger partial charge in [-0.25, -0.2) is 4.39 Å². The van der Waals surface area contributed by atoms with Gasteiger partial charge in [0.05, 0.1) is 19.3 Å². The molecule has 1 aromatic heterocycles. The van der Waals surface area contributed by atoms with Gasteiger partial charge < -0.3 is 14.5 Å². The second-order valence-electron chi connectivity index (χ2n) is 7.00. The van der Waals surface area contributed by atoms with Crippen LogP contribution < -0.4 is 10.1 Å². The minimum absolute atomic E-state index is 0.151. The number of fused-ring (bicyclic) bond motifs is 3. The number of nitrogens with one attached hydrogen (secondary N) is 1. The van der Waals surface area contributed by atoms with E-state index in [1.807, 2.05) is 48.3 Å². The predicted molar refractivity (Wildman–Crippen MR) is 112 cm³/mol. The number of rotatable bonds is 6. The number of furan rings is 1. The second-order valence-corrected chi connectivity index (χ2v) is 7.00. The molecule has 29 heavy (non-hydrogen) atoms. The number of methoxy groups -OCH3 is 1. The molecule has 3 aromatic carbocycles.